The smallest absolute Gasteiger partial charge is 0.279 e. The van der Waals surface area contributed by atoms with E-state index in [0.717, 1.165) is 24.8 Å². The summed E-state index contributed by atoms with van der Waals surface area (Å²) < 4.78 is 0. The highest BCUT2D eigenvalue weighted by molar-refractivity contribution is 7.14. The molecule has 2 aromatic rings. The molecule has 3 amide bonds. The van der Waals surface area contributed by atoms with Crippen LogP contribution < -0.4 is 10.9 Å². The van der Waals surface area contributed by atoms with Gasteiger partial charge in [-0.1, -0.05) is 36.8 Å². The fourth-order valence-corrected chi connectivity index (χ4v) is 5.22. The van der Waals surface area contributed by atoms with Gasteiger partial charge in [-0.2, -0.15) is 0 Å². The van der Waals surface area contributed by atoms with E-state index < -0.39 is 5.92 Å². The summed E-state index contributed by atoms with van der Waals surface area (Å²) in [5.74, 6) is -0.470. The molecule has 1 aromatic heterocycles. The Hall–Kier alpha value is -2.67. The molecule has 1 aromatic carbocycles. The molecule has 1 saturated heterocycles. The number of benzene rings is 1. The Bertz CT molecular complexity index is 967. The Labute approximate surface area is 180 Å². The molecule has 0 radical (unpaired) electrons. The van der Waals surface area contributed by atoms with E-state index in [2.05, 4.69) is 17.8 Å². The highest BCUT2D eigenvalue weighted by Crippen LogP contribution is 2.32. The molecular weight excluding hydrogens is 398 g/mol. The average Bonchev–Trinajstić information content (AvgIpc) is 3.31. The molecule has 30 heavy (non-hydrogen) atoms. The lowest BCUT2D eigenvalue weighted by Gasteiger charge is -2.17. The molecule has 1 aliphatic carbocycles. The molecule has 7 heteroatoms. The second-order valence-corrected chi connectivity index (χ2v) is 9.65. The minimum absolute atomic E-state index is 0.0397. The molecule has 0 saturated carbocycles. The van der Waals surface area contributed by atoms with Crippen LogP contribution in [0, 0.1) is 18.8 Å². The minimum Gasteiger partial charge on any atom is -0.338 e. The van der Waals surface area contributed by atoms with Crippen LogP contribution in [-0.4, -0.2) is 29.2 Å². The van der Waals surface area contributed by atoms with E-state index in [1.807, 2.05) is 37.3 Å². The van der Waals surface area contributed by atoms with Gasteiger partial charge in [0, 0.05) is 24.4 Å². The molecule has 4 rings (SSSR count). The van der Waals surface area contributed by atoms with Crippen molar-refractivity contribution in [3.8, 4) is 0 Å². The van der Waals surface area contributed by atoms with Gasteiger partial charge in [-0.15, -0.1) is 11.3 Å². The molecular formula is C23H27N3O3S. The van der Waals surface area contributed by atoms with E-state index >= 15 is 0 Å². The molecule has 2 N–H and O–H groups in total. The number of likely N-dealkylation sites (tertiary alicyclic amines) is 1. The van der Waals surface area contributed by atoms with Crippen LogP contribution >= 0.6 is 11.3 Å². The Morgan fingerprint density at radius 3 is 2.70 bits per heavy atom. The van der Waals surface area contributed by atoms with Crippen molar-refractivity contribution in [2.24, 2.45) is 11.8 Å². The van der Waals surface area contributed by atoms with Crippen LogP contribution in [0.25, 0.3) is 0 Å². The number of thiophene rings is 1. The molecule has 158 valence electrons. The van der Waals surface area contributed by atoms with Crippen molar-refractivity contribution in [2.45, 2.75) is 46.1 Å². The summed E-state index contributed by atoms with van der Waals surface area (Å²) in [5, 5.41) is 0. The lowest BCUT2D eigenvalue weighted by atomic mass is 9.90. The van der Waals surface area contributed by atoms with E-state index in [1.54, 1.807) is 4.90 Å². The molecule has 2 heterocycles. The van der Waals surface area contributed by atoms with Crippen molar-refractivity contribution < 1.29 is 14.4 Å². The maximum atomic E-state index is 12.5. The zero-order valence-corrected chi connectivity index (χ0v) is 18.2. The Morgan fingerprint density at radius 2 is 1.93 bits per heavy atom. The summed E-state index contributed by atoms with van der Waals surface area (Å²) in [6, 6.07) is 9.96. The van der Waals surface area contributed by atoms with Crippen molar-refractivity contribution in [2.75, 3.05) is 6.54 Å². The van der Waals surface area contributed by atoms with Crippen LogP contribution in [0.4, 0.5) is 0 Å². The molecule has 0 bridgehead atoms. The van der Waals surface area contributed by atoms with Crippen LogP contribution in [0.5, 0.6) is 0 Å². The minimum atomic E-state index is -0.458. The Morgan fingerprint density at radius 1 is 1.17 bits per heavy atom. The number of carbonyl (C=O) groups is 3. The SMILES string of the molecule is Cc1ccc(CN2CC(C(=O)NNC(=O)c3cc4c(s3)CCC(C)C4)CC2=O)cc1. The second kappa shape index (κ2) is 8.60. The lowest BCUT2D eigenvalue weighted by molar-refractivity contribution is -0.129. The maximum absolute atomic E-state index is 12.5. The third kappa shape index (κ3) is 4.56. The predicted octanol–water partition coefficient (Wildman–Crippen LogP) is 2.99. The lowest BCUT2D eigenvalue weighted by Crippen LogP contribution is -2.44. The zero-order chi connectivity index (χ0) is 21.3. The summed E-state index contributed by atoms with van der Waals surface area (Å²) in [4.78, 5) is 40.9. The first-order chi connectivity index (χ1) is 14.4. The number of carbonyl (C=O) groups excluding carboxylic acids is 3. The van der Waals surface area contributed by atoms with Gasteiger partial charge in [0.15, 0.2) is 0 Å². The second-order valence-electron chi connectivity index (χ2n) is 8.51. The quantitative estimate of drug-likeness (QED) is 0.739. The molecule has 1 fully saturated rings. The third-order valence-electron chi connectivity index (χ3n) is 5.93. The van der Waals surface area contributed by atoms with Gasteiger partial charge in [0.1, 0.15) is 0 Å². The van der Waals surface area contributed by atoms with Crippen molar-refractivity contribution in [3.63, 3.8) is 0 Å². The van der Waals surface area contributed by atoms with Gasteiger partial charge in [0.25, 0.3) is 5.91 Å². The zero-order valence-electron chi connectivity index (χ0n) is 17.4. The number of aryl methyl sites for hydroxylation is 2. The highest BCUT2D eigenvalue weighted by atomic mass is 32.1. The molecule has 0 spiro atoms. The number of nitrogens with zero attached hydrogens (tertiary/aromatic N) is 1. The number of nitrogens with one attached hydrogen (secondary N) is 2. The van der Waals surface area contributed by atoms with Crippen molar-refractivity contribution in [1.29, 1.82) is 0 Å². The normalized spacial score (nSPS) is 20.7. The van der Waals surface area contributed by atoms with Crippen LogP contribution in [0.3, 0.4) is 0 Å². The summed E-state index contributed by atoms with van der Waals surface area (Å²) in [6.45, 7) is 5.10. The number of hydrogen-bond donors (Lipinski definition) is 2. The van der Waals surface area contributed by atoms with E-state index in [0.29, 0.717) is 23.9 Å². The van der Waals surface area contributed by atoms with E-state index in [9.17, 15) is 14.4 Å². The number of rotatable bonds is 4. The van der Waals surface area contributed by atoms with Gasteiger partial charge in [-0.25, -0.2) is 0 Å². The standard InChI is InChI=1S/C23H27N3O3S/c1-14-3-6-16(7-4-14)12-26-13-18(11-21(26)27)22(28)24-25-23(29)20-10-17-9-15(2)5-8-19(17)30-20/h3-4,6-7,10,15,18H,5,8-9,11-13H2,1-2H3,(H,24,28)(H,25,29). The van der Waals surface area contributed by atoms with Gasteiger partial charge in [-0.3, -0.25) is 25.2 Å². The number of amides is 3. The van der Waals surface area contributed by atoms with Gasteiger partial charge < -0.3 is 4.90 Å². The average molecular weight is 426 g/mol. The van der Waals surface area contributed by atoms with E-state index in [1.165, 1.54) is 27.3 Å². The Balaban J connectivity index is 1.29. The van der Waals surface area contributed by atoms with Crippen LogP contribution in [-0.2, 0) is 29.0 Å². The van der Waals surface area contributed by atoms with Crippen LogP contribution in [0.1, 0.15) is 51.0 Å². The van der Waals surface area contributed by atoms with Crippen LogP contribution in [0.15, 0.2) is 30.3 Å². The van der Waals surface area contributed by atoms with Crippen molar-refractivity contribution in [3.05, 3.63) is 56.8 Å². The monoisotopic (exact) mass is 425 g/mol. The Kier molecular flexibility index (Phi) is 5.90. The van der Waals surface area contributed by atoms with E-state index in [4.69, 9.17) is 0 Å². The van der Waals surface area contributed by atoms with Crippen molar-refractivity contribution >= 4 is 29.1 Å². The molecule has 2 aliphatic rings. The first kappa shape index (κ1) is 20.6. The first-order valence-electron chi connectivity index (χ1n) is 10.4. The van der Waals surface area contributed by atoms with Gasteiger partial charge >= 0.3 is 0 Å². The van der Waals surface area contributed by atoms with Gasteiger partial charge in [0.05, 0.1) is 10.8 Å². The third-order valence-corrected chi connectivity index (χ3v) is 7.17. The van der Waals surface area contributed by atoms with Crippen molar-refractivity contribution in [1.82, 2.24) is 15.8 Å². The van der Waals surface area contributed by atoms with Gasteiger partial charge in [-0.05, 0) is 49.3 Å². The summed E-state index contributed by atoms with van der Waals surface area (Å²) in [6.07, 6.45) is 3.34. The summed E-state index contributed by atoms with van der Waals surface area (Å²) in [7, 11) is 0. The number of hydrogen-bond acceptors (Lipinski definition) is 4. The summed E-state index contributed by atoms with van der Waals surface area (Å²) >= 11 is 1.51. The fourth-order valence-electron chi connectivity index (χ4n) is 4.11. The fraction of sp³-hybridized carbons (Fsp3) is 0.435. The first-order valence-corrected chi connectivity index (χ1v) is 11.3. The number of fused-ring (bicyclic) bond motifs is 1. The van der Waals surface area contributed by atoms with Crippen LogP contribution in [0.2, 0.25) is 0 Å². The highest BCUT2D eigenvalue weighted by Gasteiger charge is 2.34. The van der Waals surface area contributed by atoms with Gasteiger partial charge in [0.2, 0.25) is 11.8 Å². The number of hydrazine groups is 1. The summed E-state index contributed by atoms with van der Waals surface area (Å²) in [5.41, 5.74) is 8.50. The molecule has 6 nitrogen and oxygen atoms in total. The topological polar surface area (TPSA) is 78.5 Å². The largest absolute Gasteiger partial charge is 0.338 e. The molecule has 2 unspecified atom stereocenters. The molecule has 2 atom stereocenters. The molecule has 1 aliphatic heterocycles. The maximum Gasteiger partial charge on any atom is 0.279 e. The predicted molar refractivity (Wildman–Crippen MR) is 116 cm³/mol. The van der Waals surface area contributed by atoms with E-state index in [-0.39, 0.29) is 24.1 Å².